The first-order valence-electron chi connectivity index (χ1n) is 11.4. The molecular weight excluding hydrogens is 497 g/mol. The molecule has 0 bridgehead atoms. The lowest BCUT2D eigenvalue weighted by molar-refractivity contribution is -0.229. The van der Waals surface area contributed by atoms with E-state index in [0.29, 0.717) is 17.4 Å². The Hall–Kier alpha value is -3.24. The average molecular weight is 524 g/mol. The van der Waals surface area contributed by atoms with E-state index in [1.54, 1.807) is 26.8 Å². The number of benzene rings is 1. The molecule has 0 N–H and O–H groups in total. The molecule has 1 fully saturated rings. The van der Waals surface area contributed by atoms with Gasteiger partial charge >= 0.3 is 11.9 Å². The fourth-order valence-electron chi connectivity index (χ4n) is 3.89. The van der Waals surface area contributed by atoms with Crippen molar-refractivity contribution in [2.75, 3.05) is 19.8 Å². The van der Waals surface area contributed by atoms with E-state index in [0.717, 1.165) is 0 Å². The molecule has 2 heterocycles. The maximum absolute atomic E-state index is 13.8. The van der Waals surface area contributed by atoms with E-state index < -0.39 is 53.1 Å². The van der Waals surface area contributed by atoms with Crippen LogP contribution in [0.1, 0.15) is 49.3 Å². The van der Waals surface area contributed by atoms with Gasteiger partial charge in [-0.15, -0.1) is 6.42 Å². The first-order chi connectivity index (χ1) is 17.4. The molecule has 37 heavy (non-hydrogen) atoms. The number of alkyl halides is 3. The van der Waals surface area contributed by atoms with Crippen LogP contribution in [0.2, 0.25) is 0 Å². The predicted octanol–water partition coefficient (Wildman–Crippen LogP) is 2.81. The van der Waals surface area contributed by atoms with Gasteiger partial charge in [0.1, 0.15) is 24.5 Å². The summed E-state index contributed by atoms with van der Waals surface area (Å²) in [7, 11) is 0. The van der Waals surface area contributed by atoms with Gasteiger partial charge in [0, 0.05) is 24.8 Å². The van der Waals surface area contributed by atoms with Crippen LogP contribution in [0.3, 0.4) is 0 Å². The third kappa shape index (κ3) is 6.56. The van der Waals surface area contributed by atoms with E-state index in [2.05, 4.69) is 5.92 Å². The van der Waals surface area contributed by atoms with Crippen molar-refractivity contribution in [1.29, 1.82) is 0 Å². The summed E-state index contributed by atoms with van der Waals surface area (Å²) in [6.07, 6.45) is -2.52. The third-order valence-electron chi connectivity index (χ3n) is 5.60. The highest BCUT2D eigenvalue weighted by Gasteiger charge is 2.42. The topological polar surface area (TPSA) is 98.0 Å². The first-order valence-corrected chi connectivity index (χ1v) is 11.4. The Balaban J connectivity index is 2.04. The summed E-state index contributed by atoms with van der Waals surface area (Å²) in [6, 6.07) is 7.03. The average Bonchev–Trinajstić information content (AvgIpc) is 3.24. The highest BCUT2D eigenvalue weighted by Crippen LogP contribution is 2.33. The molecule has 2 aromatic rings. The number of hydrogen-bond acceptors (Lipinski definition) is 7. The van der Waals surface area contributed by atoms with Crippen molar-refractivity contribution in [2.45, 2.75) is 57.6 Å². The van der Waals surface area contributed by atoms with Crippen LogP contribution < -0.4 is 11.2 Å². The van der Waals surface area contributed by atoms with Crippen LogP contribution in [-0.4, -0.2) is 52.9 Å². The molecule has 1 saturated heterocycles. The van der Waals surface area contributed by atoms with Crippen LogP contribution in [0.4, 0.5) is 13.2 Å². The Labute approximate surface area is 210 Å². The molecule has 3 rings (SSSR count). The zero-order valence-corrected chi connectivity index (χ0v) is 20.5. The number of ether oxygens (including phenoxy) is 4. The second-order valence-corrected chi connectivity index (χ2v) is 8.60. The van der Waals surface area contributed by atoms with Crippen LogP contribution in [0.5, 0.6) is 0 Å². The van der Waals surface area contributed by atoms with Gasteiger partial charge in [-0.25, -0.2) is 4.79 Å². The largest absolute Gasteiger partial charge is 0.423 e. The Morgan fingerprint density at radius 3 is 2.46 bits per heavy atom. The third-order valence-corrected chi connectivity index (χ3v) is 5.60. The van der Waals surface area contributed by atoms with Crippen LogP contribution >= 0.6 is 0 Å². The summed E-state index contributed by atoms with van der Waals surface area (Å²) < 4.78 is 64.5. The van der Waals surface area contributed by atoms with Crippen molar-refractivity contribution in [3.8, 4) is 12.3 Å². The molecule has 0 aliphatic carbocycles. The van der Waals surface area contributed by atoms with Crippen LogP contribution in [0, 0.1) is 12.3 Å². The van der Waals surface area contributed by atoms with Gasteiger partial charge in [-0.1, -0.05) is 24.1 Å². The second-order valence-electron chi connectivity index (χ2n) is 8.60. The summed E-state index contributed by atoms with van der Waals surface area (Å²) in [4.78, 5) is 38.8. The molecule has 1 aromatic heterocycles. The molecule has 3 atom stereocenters. The molecule has 1 aromatic carbocycles. The summed E-state index contributed by atoms with van der Waals surface area (Å²) in [6.45, 7) is 5.27. The van der Waals surface area contributed by atoms with Gasteiger partial charge in [-0.3, -0.25) is 14.2 Å². The first kappa shape index (κ1) is 28.3. The minimum atomic E-state index is -5.15. The zero-order valence-electron chi connectivity index (χ0n) is 20.5. The lowest BCUT2D eigenvalue weighted by atomic mass is 10.1. The molecule has 1 aliphatic rings. The van der Waals surface area contributed by atoms with E-state index in [1.165, 1.54) is 24.3 Å². The maximum atomic E-state index is 13.8. The summed E-state index contributed by atoms with van der Waals surface area (Å²) >= 11 is 0. The van der Waals surface area contributed by atoms with Crippen molar-refractivity contribution < 1.29 is 36.9 Å². The lowest BCUT2D eigenvalue weighted by Gasteiger charge is -2.28. The molecule has 0 spiro atoms. The van der Waals surface area contributed by atoms with Crippen LogP contribution in [-0.2, 0) is 25.1 Å². The second kappa shape index (κ2) is 11.4. The van der Waals surface area contributed by atoms with Crippen LogP contribution in [0.15, 0.2) is 46.1 Å². The van der Waals surface area contributed by atoms with E-state index in [9.17, 15) is 27.6 Å². The monoisotopic (exact) mass is 524 g/mol. The number of nitrogens with zero attached hydrogens (tertiary/aromatic N) is 2. The number of carbonyl (C=O) groups excluding carboxylic acids is 1. The Morgan fingerprint density at radius 2 is 1.86 bits per heavy atom. The molecule has 12 heteroatoms. The molecule has 9 nitrogen and oxygen atoms in total. The van der Waals surface area contributed by atoms with E-state index in [-0.39, 0.29) is 29.8 Å². The highest BCUT2D eigenvalue weighted by atomic mass is 19.4. The normalized spacial score (nSPS) is 20.1. The molecular formula is C25H27F3N2O7. The summed E-state index contributed by atoms with van der Waals surface area (Å²) in [5.41, 5.74) is -4.90. The zero-order chi connectivity index (χ0) is 27.4. The number of aromatic nitrogens is 2. The number of terminal acetylenes is 1. The van der Waals surface area contributed by atoms with Gasteiger partial charge in [0.05, 0.1) is 12.7 Å². The lowest BCUT2D eigenvalue weighted by Crippen LogP contribution is -2.47. The van der Waals surface area contributed by atoms with Crippen molar-refractivity contribution in [2.24, 2.45) is 0 Å². The van der Waals surface area contributed by atoms with E-state index in [4.69, 9.17) is 25.4 Å². The SMILES string of the molecule is C#CCO[C@H]1C[C@H](n2cc(C(F)(F)F)c(=O)n(C(=O)c3ccccc3)c2=O)O[C@@H]1COC(C)(C)OCC. The van der Waals surface area contributed by atoms with E-state index in [1.807, 2.05) is 0 Å². The number of hydrogen-bond donors (Lipinski definition) is 0. The molecule has 0 amide bonds. The minimum absolute atomic E-state index is 0.0408. The standard InChI is InChI=1S/C25H27F3N2O7/c1-5-12-34-18-13-20(37-19(18)15-36-24(3,4)35-6-2)29-14-17(25(26,27)28)22(32)30(23(29)33)21(31)16-10-8-7-9-11-16/h1,7-11,14,18-20H,6,12-13,15H2,2-4H3/t18-,19+,20+/m0/s1. The molecule has 0 saturated carbocycles. The Kier molecular flexibility index (Phi) is 8.76. The van der Waals surface area contributed by atoms with Gasteiger partial charge in [-0.2, -0.15) is 17.7 Å². The van der Waals surface area contributed by atoms with Gasteiger partial charge in [0.15, 0.2) is 5.79 Å². The van der Waals surface area contributed by atoms with Crippen molar-refractivity contribution in [1.82, 2.24) is 9.13 Å². The number of carbonyl (C=O) groups is 1. The van der Waals surface area contributed by atoms with Crippen molar-refractivity contribution >= 4 is 5.91 Å². The maximum Gasteiger partial charge on any atom is 0.423 e. The quantitative estimate of drug-likeness (QED) is 0.368. The highest BCUT2D eigenvalue weighted by molar-refractivity contribution is 5.95. The van der Waals surface area contributed by atoms with Gasteiger partial charge in [-0.05, 0) is 32.9 Å². The van der Waals surface area contributed by atoms with E-state index >= 15 is 0 Å². The van der Waals surface area contributed by atoms with Gasteiger partial charge in [0.25, 0.3) is 11.5 Å². The Bertz CT molecular complexity index is 1260. The number of rotatable bonds is 9. The van der Waals surface area contributed by atoms with Crippen LogP contribution in [0.25, 0.3) is 0 Å². The van der Waals surface area contributed by atoms with Crippen molar-refractivity contribution in [3.05, 3.63) is 68.5 Å². The minimum Gasteiger partial charge on any atom is -0.363 e. The Morgan fingerprint density at radius 1 is 1.19 bits per heavy atom. The molecule has 200 valence electrons. The summed E-state index contributed by atoms with van der Waals surface area (Å²) in [5, 5.41) is 0. The van der Waals surface area contributed by atoms with Gasteiger partial charge in [0.2, 0.25) is 0 Å². The molecule has 0 radical (unpaired) electrons. The van der Waals surface area contributed by atoms with Gasteiger partial charge < -0.3 is 18.9 Å². The fraction of sp³-hybridized carbons (Fsp3) is 0.480. The summed E-state index contributed by atoms with van der Waals surface area (Å²) in [5.74, 6) is 0.102. The fourth-order valence-corrected chi connectivity index (χ4v) is 3.89. The molecule has 0 unspecified atom stereocenters. The van der Waals surface area contributed by atoms with Crippen molar-refractivity contribution in [3.63, 3.8) is 0 Å². The number of halogens is 3. The predicted molar refractivity (Wildman–Crippen MR) is 125 cm³/mol. The smallest absolute Gasteiger partial charge is 0.363 e. The molecule has 1 aliphatic heterocycles.